The predicted molar refractivity (Wildman–Crippen MR) is 108 cm³/mol. The van der Waals surface area contributed by atoms with Crippen LogP contribution in [0.1, 0.15) is 26.7 Å². The highest BCUT2D eigenvalue weighted by Crippen LogP contribution is 2.24. The number of guanidine groups is 1. The van der Waals surface area contributed by atoms with E-state index in [9.17, 15) is 0 Å². The van der Waals surface area contributed by atoms with Crippen molar-refractivity contribution >= 4 is 41.5 Å². The first-order valence-corrected chi connectivity index (χ1v) is 8.18. The van der Waals surface area contributed by atoms with E-state index in [1.54, 1.807) is 0 Å². The highest BCUT2D eigenvalue weighted by Gasteiger charge is 2.12. The van der Waals surface area contributed by atoms with Gasteiger partial charge in [0.25, 0.3) is 0 Å². The van der Waals surface area contributed by atoms with E-state index in [-0.39, 0.29) is 30.1 Å². The standard InChI is InChI=1S/C17H24ClN3O.HI/c1-3-19-17(21-14-8-4-5-9-14)20-12-13(2)22-16-11-7-6-10-15(16)18;/h4-7,10-11,13-14H,3,8-9,12H2,1-2H3,(H2,19,20,21);1H. The summed E-state index contributed by atoms with van der Waals surface area (Å²) in [4.78, 5) is 4.60. The number of rotatable bonds is 6. The van der Waals surface area contributed by atoms with Gasteiger partial charge in [0.15, 0.2) is 5.96 Å². The molecule has 0 amide bonds. The molecule has 0 saturated carbocycles. The zero-order valence-corrected chi connectivity index (χ0v) is 16.7. The quantitative estimate of drug-likeness (QED) is 0.299. The van der Waals surface area contributed by atoms with Crippen molar-refractivity contribution in [1.82, 2.24) is 10.6 Å². The van der Waals surface area contributed by atoms with Crippen LogP contribution in [0.2, 0.25) is 5.02 Å². The van der Waals surface area contributed by atoms with Gasteiger partial charge in [0.1, 0.15) is 11.9 Å². The fourth-order valence-electron chi connectivity index (χ4n) is 2.26. The minimum Gasteiger partial charge on any atom is -0.487 e. The lowest BCUT2D eigenvalue weighted by molar-refractivity contribution is 0.230. The number of aliphatic imine (C=N–C) groups is 1. The van der Waals surface area contributed by atoms with Crippen molar-refractivity contribution in [3.8, 4) is 5.75 Å². The molecule has 1 unspecified atom stereocenters. The van der Waals surface area contributed by atoms with Crippen LogP contribution in [0, 0.1) is 0 Å². The lowest BCUT2D eigenvalue weighted by Gasteiger charge is -2.18. The van der Waals surface area contributed by atoms with Crippen LogP contribution < -0.4 is 15.4 Å². The first-order valence-electron chi connectivity index (χ1n) is 7.80. The Morgan fingerprint density at radius 1 is 1.35 bits per heavy atom. The van der Waals surface area contributed by atoms with Gasteiger partial charge in [-0.3, -0.25) is 0 Å². The summed E-state index contributed by atoms with van der Waals surface area (Å²) in [7, 11) is 0. The maximum Gasteiger partial charge on any atom is 0.191 e. The third kappa shape index (κ3) is 6.99. The van der Waals surface area contributed by atoms with Crippen molar-refractivity contribution in [3.63, 3.8) is 0 Å². The summed E-state index contributed by atoms with van der Waals surface area (Å²) < 4.78 is 5.84. The van der Waals surface area contributed by atoms with Gasteiger partial charge in [-0.1, -0.05) is 35.9 Å². The molecule has 6 heteroatoms. The molecule has 0 aromatic heterocycles. The number of ether oxygens (including phenoxy) is 1. The van der Waals surface area contributed by atoms with Crippen LogP contribution in [0.4, 0.5) is 0 Å². The van der Waals surface area contributed by atoms with Crippen LogP contribution in [-0.4, -0.2) is 31.2 Å². The summed E-state index contributed by atoms with van der Waals surface area (Å²) in [5, 5.41) is 7.34. The molecule has 1 aliphatic carbocycles. The number of benzene rings is 1. The number of halogens is 2. The zero-order chi connectivity index (χ0) is 15.8. The third-order valence-corrected chi connectivity index (χ3v) is 3.68. The molecular formula is C17H25ClIN3O. The molecular weight excluding hydrogens is 425 g/mol. The molecule has 4 nitrogen and oxygen atoms in total. The Kier molecular flexibility index (Phi) is 9.40. The lowest BCUT2D eigenvalue weighted by Crippen LogP contribution is -2.43. The van der Waals surface area contributed by atoms with Gasteiger partial charge >= 0.3 is 0 Å². The van der Waals surface area contributed by atoms with Gasteiger partial charge < -0.3 is 15.4 Å². The molecule has 0 aliphatic heterocycles. The van der Waals surface area contributed by atoms with Crippen molar-refractivity contribution < 1.29 is 4.74 Å². The van der Waals surface area contributed by atoms with Crippen LogP contribution in [0.25, 0.3) is 0 Å². The van der Waals surface area contributed by atoms with E-state index in [4.69, 9.17) is 16.3 Å². The molecule has 1 aromatic carbocycles. The summed E-state index contributed by atoms with van der Waals surface area (Å²) in [6.07, 6.45) is 6.46. The average molecular weight is 450 g/mol. The Bertz CT molecular complexity index is 528. The maximum atomic E-state index is 6.10. The summed E-state index contributed by atoms with van der Waals surface area (Å²) in [6.45, 7) is 5.47. The molecule has 0 fully saturated rings. The fourth-order valence-corrected chi connectivity index (χ4v) is 2.44. The van der Waals surface area contributed by atoms with E-state index in [0.717, 1.165) is 25.3 Å². The molecule has 1 atom stereocenters. The van der Waals surface area contributed by atoms with E-state index in [1.807, 2.05) is 31.2 Å². The minimum absolute atomic E-state index is 0. The molecule has 2 rings (SSSR count). The molecule has 128 valence electrons. The maximum absolute atomic E-state index is 6.10. The van der Waals surface area contributed by atoms with Crippen LogP contribution >= 0.6 is 35.6 Å². The summed E-state index contributed by atoms with van der Waals surface area (Å²) in [6, 6.07) is 7.94. The molecule has 2 N–H and O–H groups in total. The van der Waals surface area contributed by atoms with Crippen molar-refractivity contribution in [3.05, 3.63) is 41.4 Å². The Labute approximate surface area is 160 Å². The normalized spacial score (nSPS) is 15.9. The first-order chi connectivity index (χ1) is 10.7. The van der Waals surface area contributed by atoms with Crippen molar-refractivity contribution in [1.29, 1.82) is 0 Å². The topological polar surface area (TPSA) is 45.7 Å². The lowest BCUT2D eigenvalue weighted by atomic mass is 10.2. The van der Waals surface area contributed by atoms with Crippen LogP contribution in [-0.2, 0) is 0 Å². The Balaban J connectivity index is 0.00000264. The molecule has 1 aromatic rings. The predicted octanol–water partition coefficient (Wildman–Crippen LogP) is 4.00. The largest absolute Gasteiger partial charge is 0.487 e. The second kappa shape index (κ2) is 10.8. The van der Waals surface area contributed by atoms with Crippen molar-refractivity contribution in [2.75, 3.05) is 13.1 Å². The van der Waals surface area contributed by atoms with E-state index in [0.29, 0.717) is 23.4 Å². The summed E-state index contributed by atoms with van der Waals surface area (Å²) in [5.41, 5.74) is 0. The van der Waals surface area contributed by atoms with Gasteiger partial charge in [0, 0.05) is 12.6 Å². The molecule has 0 heterocycles. The number of hydrogen-bond acceptors (Lipinski definition) is 2. The van der Waals surface area contributed by atoms with E-state index < -0.39 is 0 Å². The smallest absolute Gasteiger partial charge is 0.191 e. The Morgan fingerprint density at radius 3 is 2.70 bits per heavy atom. The minimum atomic E-state index is -0.0444. The van der Waals surface area contributed by atoms with Gasteiger partial charge in [0.05, 0.1) is 11.6 Å². The SMILES string of the molecule is CCNC(=NCC(C)Oc1ccccc1Cl)NC1CC=CC1.I. The molecule has 0 bridgehead atoms. The zero-order valence-electron chi connectivity index (χ0n) is 13.6. The highest BCUT2D eigenvalue weighted by atomic mass is 127. The summed E-state index contributed by atoms with van der Waals surface area (Å²) in [5.74, 6) is 1.54. The van der Waals surface area contributed by atoms with Gasteiger partial charge in [-0.05, 0) is 38.8 Å². The third-order valence-electron chi connectivity index (χ3n) is 3.36. The molecule has 0 saturated heterocycles. The Morgan fingerprint density at radius 2 is 2.04 bits per heavy atom. The number of para-hydroxylation sites is 1. The van der Waals surface area contributed by atoms with E-state index in [2.05, 4.69) is 34.7 Å². The van der Waals surface area contributed by atoms with Gasteiger partial charge in [-0.15, -0.1) is 24.0 Å². The van der Waals surface area contributed by atoms with Gasteiger partial charge in [-0.25, -0.2) is 4.99 Å². The second-order valence-electron chi connectivity index (χ2n) is 5.36. The van der Waals surface area contributed by atoms with Crippen LogP contribution in [0.15, 0.2) is 41.4 Å². The molecule has 23 heavy (non-hydrogen) atoms. The van der Waals surface area contributed by atoms with Crippen LogP contribution in [0.3, 0.4) is 0 Å². The first kappa shape index (κ1) is 20.1. The van der Waals surface area contributed by atoms with E-state index >= 15 is 0 Å². The number of nitrogens with zero attached hydrogens (tertiary/aromatic N) is 1. The van der Waals surface area contributed by atoms with E-state index in [1.165, 1.54) is 0 Å². The number of hydrogen-bond donors (Lipinski definition) is 2. The fraction of sp³-hybridized carbons (Fsp3) is 0.471. The Hall–Kier alpha value is -0.950. The highest BCUT2D eigenvalue weighted by molar-refractivity contribution is 14.0. The summed E-state index contributed by atoms with van der Waals surface area (Å²) >= 11 is 6.10. The van der Waals surface area contributed by atoms with Crippen molar-refractivity contribution in [2.45, 2.75) is 38.8 Å². The monoisotopic (exact) mass is 449 g/mol. The average Bonchev–Trinajstić information content (AvgIpc) is 3.00. The van der Waals surface area contributed by atoms with Gasteiger partial charge in [0.2, 0.25) is 0 Å². The molecule has 1 aliphatic rings. The second-order valence-corrected chi connectivity index (χ2v) is 5.77. The van der Waals surface area contributed by atoms with Crippen LogP contribution in [0.5, 0.6) is 5.75 Å². The van der Waals surface area contributed by atoms with Gasteiger partial charge in [-0.2, -0.15) is 0 Å². The van der Waals surface area contributed by atoms with Crippen molar-refractivity contribution in [2.24, 2.45) is 4.99 Å². The number of nitrogens with one attached hydrogen (secondary N) is 2. The molecule has 0 spiro atoms. The molecule has 0 radical (unpaired) electrons.